The average molecular weight is 264 g/mol. The summed E-state index contributed by atoms with van der Waals surface area (Å²) in [5.41, 5.74) is 1.16. The molecule has 5 unspecified atom stereocenters. The van der Waals surface area contributed by atoms with E-state index in [0.29, 0.717) is 6.10 Å². The molecule has 0 aromatic carbocycles. The highest BCUT2D eigenvalue weighted by Gasteiger charge is 2.76. The van der Waals surface area contributed by atoms with Gasteiger partial charge in [0.15, 0.2) is 6.29 Å². The Labute approximate surface area is 117 Å². The van der Waals surface area contributed by atoms with E-state index in [-0.39, 0.29) is 17.3 Å². The van der Waals surface area contributed by atoms with E-state index < -0.39 is 0 Å². The third-order valence-corrected chi connectivity index (χ3v) is 7.22. The van der Waals surface area contributed by atoms with Gasteiger partial charge in [0.2, 0.25) is 0 Å². The summed E-state index contributed by atoms with van der Waals surface area (Å²) in [4.78, 5) is 0. The maximum atomic E-state index is 6.56. The molecule has 4 rings (SSSR count). The van der Waals surface area contributed by atoms with Crippen molar-refractivity contribution in [2.45, 2.75) is 84.2 Å². The Morgan fingerprint density at radius 1 is 1.26 bits per heavy atom. The monoisotopic (exact) mass is 264 g/mol. The molecule has 6 atom stereocenters. The van der Waals surface area contributed by atoms with E-state index in [2.05, 4.69) is 27.7 Å². The molecular formula is C17H28O2. The second-order valence-corrected chi connectivity index (χ2v) is 8.23. The van der Waals surface area contributed by atoms with E-state index in [0.717, 1.165) is 23.7 Å². The van der Waals surface area contributed by atoms with Crippen LogP contribution in [-0.2, 0) is 9.47 Å². The van der Waals surface area contributed by atoms with Crippen LogP contribution in [0.5, 0.6) is 0 Å². The van der Waals surface area contributed by atoms with Crippen LogP contribution in [0.25, 0.3) is 0 Å². The molecule has 0 radical (unpaired) electrons. The molecule has 0 aromatic rings. The standard InChI is InChI=1S/C17H28O2/c1-5-15(3,4)13-14(18-13)19-17(6-2)8-7-16-10-11(16)9-12(16)17/h11-14H,5-10H2,1-4H3/t11?,12?,13?,14?,16?,17-/m0/s1. The van der Waals surface area contributed by atoms with Gasteiger partial charge in [-0.15, -0.1) is 0 Å². The van der Waals surface area contributed by atoms with Gasteiger partial charge in [-0.25, -0.2) is 0 Å². The molecule has 1 saturated heterocycles. The summed E-state index contributed by atoms with van der Waals surface area (Å²) in [5, 5.41) is 0. The van der Waals surface area contributed by atoms with Crippen LogP contribution in [0.2, 0.25) is 0 Å². The second-order valence-electron chi connectivity index (χ2n) is 8.23. The van der Waals surface area contributed by atoms with Gasteiger partial charge in [0.1, 0.15) is 6.10 Å². The van der Waals surface area contributed by atoms with Gasteiger partial charge in [-0.05, 0) is 61.2 Å². The van der Waals surface area contributed by atoms with Gasteiger partial charge in [0.05, 0.1) is 5.60 Å². The molecule has 1 spiro atoms. The van der Waals surface area contributed by atoms with Crippen LogP contribution in [0.1, 0.15) is 66.2 Å². The molecule has 1 aliphatic heterocycles. The molecule has 2 heteroatoms. The zero-order chi connectivity index (χ0) is 13.5. The minimum Gasteiger partial charge on any atom is -0.343 e. The Hall–Kier alpha value is -0.0800. The van der Waals surface area contributed by atoms with E-state index >= 15 is 0 Å². The predicted octanol–water partition coefficient (Wildman–Crippen LogP) is 4.13. The summed E-state index contributed by atoms with van der Waals surface area (Å²) >= 11 is 0. The lowest BCUT2D eigenvalue weighted by atomic mass is 9.69. The predicted molar refractivity (Wildman–Crippen MR) is 74.7 cm³/mol. The Morgan fingerprint density at radius 3 is 2.58 bits per heavy atom. The summed E-state index contributed by atoms with van der Waals surface area (Å²) < 4.78 is 12.5. The average Bonchev–Trinajstić information content (AvgIpc) is 3.21. The van der Waals surface area contributed by atoms with Crippen LogP contribution in [0, 0.1) is 22.7 Å². The lowest BCUT2D eigenvalue weighted by Crippen LogP contribution is -2.44. The zero-order valence-corrected chi connectivity index (χ0v) is 12.9. The van der Waals surface area contributed by atoms with Crippen molar-refractivity contribution in [1.82, 2.24) is 0 Å². The Balaban J connectivity index is 1.45. The SMILES string of the molecule is CCC(C)(C)C1OC1O[C@@]1(CC)CCC23CC2CC31. The summed E-state index contributed by atoms with van der Waals surface area (Å²) in [7, 11) is 0. The van der Waals surface area contributed by atoms with Crippen LogP contribution in [0.3, 0.4) is 0 Å². The van der Waals surface area contributed by atoms with Gasteiger partial charge in [-0.2, -0.15) is 0 Å². The van der Waals surface area contributed by atoms with Gasteiger partial charge in [-0.1, -0.05) is 27.7 Å². The van der Waals surface area contributed by atoms with Gasteiger partial charge >= 0.3 is 0 Å². The Bertz CT molecular complexity index is 404. The fourth-order valence-corrected chi connectivity index (χ4v) is 5.16. The smallest absolute Gasteiger partial charge is 0.185 e. The van der Waals surface area contributed by atoms with Gasteiger partial charge in [-0.3, -0.25) is 0 Å². The first-order valence-corrected chi connectivity index (χ1v) is 8.31. The summed E-state index contributed by atoms with van der Waals surface area (Å²) in [6.07, 6.45) is 8.38. The minimum absolute atomic E-state index is 0.0860. The first kappa shape index (κ1) is 12.6. The number of epoxide rings is 1. The molecule has 3 aliphatic carbocycles. The molecule has 0 amide bonds. The number of hydrogen-bond acceptors (Lipinski definition) is 2. The van der Waals surface area contributed by atoms with Crippen molar-refractivity contribution in [3.63, 3.8) is 0 Å². The second kappa shape index (κ2) is 3.57. The molecule has 0 N–H and O–H groups in total. The van der Waals surface area contributed by atoms with Crippen molar-refractivity contribution >= 4 is 0 Å². The lowest BCUT2D eigenvalue weighted by Gasteiger charge is -2.42. The van der Waals surface area contributed by atoms with E-state index in [1.54, 1.807) is 0 Å². The normalized spacial score (nSPS) is 54.3. The molecule has 3 saturated carbocycles. The molecule has 2 nitrogen and oxygen atoms in total. The molecule has 108 valence electrons. The fraction of sp³-hybridized carbons (Fsp3) is 1.00. The molecule has 4 aliphatic rings. The Morgan fingerprint density at radius 2 is 2.05 bits per heavy atom. The zero-order valence-electron chi connectivity index (χ0n) is 12.9. The summed E-state index contributed by atoms with van der Waals surface area (Å²) in [6.45, 7) is 9.17. The fourth-order valence-electron chi connectivity index (χ4n) is 5.16. The Kier molecular flexibility index (Phi) is 2.37. The third kappa shape index (κ3) is 1.51. The van der Waals surface area contributed by atoms with Crippen molar-refractivity contribution in [1.29, 1.82) is 0 Å². The highest BCUT2D eigenvalue weighted by molar-refractivity contribution is 5.25. The molecule has 0 aromatic heterocycles. The van der Waals surface area contributed by atoms with Crippen LogP contribution >= 0.6 is 0 Å². The number of hydrogen-bond donors (Lipinski definition) is 0. The van der Waals surface area contributed by atoms with Crippen LogP contribution < -0.4 is 0 Å². The van der Waals surface area contributed by atoms with Crippen LogP contribution in [0.15, 0.2) is 0 Å². The first-order chi connectivity index (χ1) is 8.97. The molecule has 1 heterocycles. The molecule has 0 bridgehead atoms. The third-order valence-electron chi connectivity index (χ3n) is 7.22. The van der Waals surface area contributed by atoms with Crippen molar-refractivity contribution in [3.8, 4) is 0 Å². The maximum absolute atomic E-state index is 6.56. The topological polar surface area (TPSA) is 21.8 Å². The van der Waals surface area contributed by atoms with E-state index in [1.165, 1.54) is 32.1 Å². The van der Waals surface area contributed by atoms with Crippen LogP contribution in [-0.4, -0.2) is 18.0 Å². The number of ether oxygens (including phenoxy) is 2. The quantitative estimate of drug-likeness (QED) is 0.696. The van der Waals surface area contributed by atoms with Crippen LogP contribution in [0.4, 0.5) is 0 Å². The number of rotatable bonds is 5. The summed E-state index contributed by atoms with van der Waals surface area (Å²) in [5.74, 6) is 1.92. The van der Waals surface area contributed by atoms with Gasteiger partial charge in [0.25, 0.3) is 0 Å². The highest BCUT2D eigenvalue weighted by Crippen LogP contribution is 2.80. The van der Waals surface area contributed by atoms with Gasteiger partial charge < -0.3 is 9.47 Å². The van der Waals surface area contributed by atoms with E-state index in [9.17, 15) is 0 Å². The largest absolute Gasteiger partial charge is 0.343 e. The van der Waals surface area contributed by atoms with Crippen molar-refractivity contribution in [3.05, 3.63) is 0 Å². The van der Waals surface area contributed by atoms with E-state index in [1.807, 2.05) is 0 Å². The van der Waals surface area contributed by atoms with Gasteiger partial charge in [0, 0.05) is 0 Å². The van der Waals surface area contributed by atoms with Crippen molar-refractivity contribution in [2.75, 3.05) is 0 Å². The molecular weight excluding hydrogens is 236 g/mol. The molecule has 19 heavy (non-hydrogen) atoms. The van der Waals surface area contributed by atoms with Crippen molar-refractivity contribution in [2.24, 2.45) is 22.7 Å². The van der Waals surface area contributed by atoms with Crippen molar-refractivity contribution < 1.29 is 9.47 Å². The first-order valence-electron chi connectivity index (χ1n) is 8.31. The lowest BCUT2D eigenvalue weighted by molar-refractivity contribution is -0.137. The summed E-state index contributed by atoms with van der Waals surface area (Å²) in [6, 6.07) is 0. The highest BCUT2D eigenvalue weighted by atomic mass is 16.8. The van der Waals surface area contributed by atoms with E-state index in [4.69, 9.17) is 9.47 Å². The maximum Gasteiger partial charge on any atom is 0.185 e. The molecule has 4 fully saturated rings. The minimum atomic E-state index is 0.0860.